The van der Waals surface area contributed by atoms with E-state index in [9.17, 15) is 119 Å². The number of benzene rings is 6. The number of rotatable bonds is 35. The Morgan fingerprint density at radius 2 is 0.765 bits per heavy atom. The first kappa shape index (κ1) is 118. The highest BCUT2D eigenvalue weighted by Crippen LogP contribution is 2.65. The van der Waals surface area contributed by atoms with E-state index in [1.165, 1.54) is 36.3 Å². The Morgan fingerprint density at radius 3 is 1.09 bits per heavy atom. The maximum atomic E-state index is 14.1. The molecule has 1 heterocycles. The number of carbonyl (C=O) groups excluding carboxylic acids is 9. The number of esters is 9. The molecule has 149 heavy (non-hydrogen) atoms. The Balaban J connectivity index is 0.000000166. The molecular formula is C110H130F16O21S2+2. The van der Waals surface area contributed by atoms with Crippen LogP contribution in [0.15, 0.2) is 199 Å². The molecule has 0 amide bonds. The maximum absolute atomic E-state index is 14.1. The van der Waals surface area contributed by atoms with Gasteiger partial charge >= 0.3 is 107 Å². The Bertz CT molecular complexity index is 5300. The van der Waals surface area contributed by atoms with Gasteiger partial charge in [0.05, 0.1) is 87.3 Å². The molecule has 6 aromatic carbocycles. The fourth-order valence-electron chi connectivity index (χ4n) is 22.4. The van der Waals surface area contributed by atoms with Gasteiger partial charge in [-0.3, -0.25) is 28.8 Å². The number of alkyl halides is 16. The highest BCUT2D eigenvalue weighted by Gasteiger charge is 2.75. The summed E-state index contributed by atoms with van der Waals surface area (Å²) in [5, 5.41) is 10.8. The molecule has 0 spiro atoms. The van der Waals surface area contributed by atoms with Gasteiger partial charge in [0.15, 0.2) is 29.4 Å². The van der Waals surface area contributed by atoms with E-state index in [0.717, 1.165) is 71.1 Å². The average Bonchev–Trinajstić information content (AvgIpc) is 1.69. The van der Waals surface area contributed by atoms with Crippen LogP contribution in [-0.2, 0) is 108 Å². The van der Waals surface area contributed by atoms with E-state index in [4.69, 9.17) is 28.4 Å². The molecule has 39 heteroatoms. The van der Waals surface area contributed by atoms with E-state index in [1.807, 2.05) is 97.0 Å². The zero-order chi connectivity index (χ0) is 109. The van der Waals surface area contributed by atoms with Crippen molar-refractivity contribution in [3.8, 4) is 11.5 Å². The SMILES string of the molecule is CCC(C)(C)C(=O)Oc1ccc([S+](c2ccccc2)c2ccccc2)cc1.CCC(C)(C)C(=O)Oc1ccc([S+](c2ccccc2)c2ccccc2)cc1.CCC1(OC(=O)C2C3CC4C(OC(=O)C42)C3OC(=O)C(C)(F)F)CCCCC1.CCOC(=O)C(OCCC(F)(F)C(C)(F)F)(OC(=O)C12CC3CC(CC(C3)C1)C2)C(F)(F)F.CCOC(=O)C(OCCC(F)(F)C(C)(F)F)(OC(=O)C12CC3CC(CC(O)(C3)C1)C2)C(F)(F)F. The van der Waals surface area contributed by atoms with Crippen molar-refractivity contribution in [3.63, 3.8) is 0 Å². The minimum Gasteiger partial charge on any atom is -0.461 e. The van der Waals surface area contributed by atoms with Crippen LogP contribution in [0.5, 0.6) is 11.5 Å². The predicted molar refractivity (Wildman–Crippen MR) is 512 cm³/mol. The van der Waals surface area contributed by atoms with E-state index in [1.54, 1.807) is 0 Å². The number of aliphatic hydroxyl groups is 1. The number of hydrogen-bond donors (Lipinski definition) is 1. The molecular weight excluding hydrogens is 2030 g/mol. The molecule has 11 aliphatic carbocycles. The maximum Gasteiger partial charge on any atom is 0.468 e. The topological polar surface area (TPSA) is 275 Å². The zero-order valence-electron chi connectivity index (χ0n) is 85.1. The van der Waals surface area contributed by atoms with E-state index in [0.29, 0.717) is 69.8 Å². The molecule has 1 aliphatic heterocycles. The second kappa shape index (κ2) is 46.5. The van der Waals surface area contributed by atoms with Crippen LogP contribution in [0.2, 0.25) is 0 Å². The van der Waals surface area contributed by atoms with E-state index < -0.39 is 197 Å². The van der Waals surface area contributed by atoms with Crippen molar-refractivity contribution in [2.24, 2.45) is 74.9 Å². The Hall–Kier alpha value is -9.99. The van der Waals surface area contributed by atoms with Gasteiger partial charge in [-0.1, -0.05) is 100.0 Å². The van der Waals surface area contributed by atoms with Gasteiger partial charge in [0.25, 0.3) is 0 Å². The average molecular weight is 2160 g/mol. The molecule has 1 saturated heterocycles. The van der Waals surface area contributed by atoms with Crippen LogP contribution in [0.3, 0.4) is 0 Å². The molecule has 21 nitrogen and oxygen atoms in total. The first-order valence-corrected chi connectivity index (χ1v) is 52.9. The third-order valence-electron chi connectivity index (χ3n) is 30.4. The lowest BCUT2D eigenvalue weighted by Gasteiger charge is -2.59. The minimum absolute atomic E-state index is 0.0948. The van der Waals surface area contributed by atoms with Gasteiger partial charge in [0.1, 0.15) is 29.3 Å². The lowest BCUT2D eigenvalue weighted by molar-refractivity contribution is -0.362. The van der Waals surface area contributed by atoms with Crippen molar-refractivity contribution in [2.75, 3.05) is 26.4 Å². The number of fused-ring (bicyclic) bond motifs is 1. The Morgan fingerprint density at radius 1 is 0.416 bits per heavy atom. The summed E-state index contributed by atoms with van der Waals surface area (Å²) in [5.41, 5.74) is -5.49. The summed E-state index contributed by atoms with van der Waals surface area (Å²) < 4.78 is 272. The minimum atomic E-state index is -5.78. The zero-order valence-corrected chi connectivity index (χ0v) is 86.7. The van der Waals surface area contributed by atoms with Crippen LogP contribution in [-0.4, -0.2) is 162 Å². The second-order valence-corrected chi connectivity index (χ2v) is 46.4. The van der Waals surface area contributed by atoms with Crippen molar-refractivity contribution < 1.29 is 171 Å². The van der Waals surface area contributed by atoms with Gasteiger partial charge in [-0.15, -0.1) is 0 Å². The summed E-state index contributed by atoms with van der Waals surface area (Å²) in [4.78, 5) is 120. The third kappa shape index (κ3) is 26.7. The van der Waals surface area contributed by atoms with E-state index in [2.05, 4.69) is 145 Å². The predicted octanol–water partition coefficient (Wildman–Crippen LogP) is 24.9. The second-order valence-electron chi connectivity index (χ2n) is 42.3. The van der Waals surface area contributed by atoms with E-state index in [-0.39, 0.29) is 102 Å². The van der Waals surface area contributed by atoms with Crippen molar-refractivity contribution in [2.45, 2.75) is 337 Å². The van der Waals surface area contributed by atoms with Crippen molar-refractivity contribution >= 4 is 75.5 Å². The molecule has 6 aromatic rings. The van der Waals surface area contributed by atoms with Crippen LogP contribution in [0, 0.1) is 74.9 Å². The Kier molecular flexibility index (Phi) is 36.7. The molecule has 11 saturated carbocycles. The molecule has 1 N–H and O–H groups in total. The standard InChI is InChI=1S/2C24H25O2S.C21H27F7O6.C21H27F7O5.C20H26F2O6/c2*1-4-24(2,3)23(25)26-19-15-17-22(18-16-19)27(20-11-7-5-8-12-20)21-13-9-6-10-14-21;1-3-32-15(30)20(21(26,27)28,33-5-4-19(24,25)16(2,22)23)34-14(29)17-7-12-6-13(8-17)10-18(31,9-12)11-17;1-3-31-16(30)20(21(26,27)28,32-5-4-19(24,25)17(2,22)23)33-15(29)18-9-12-6-13(10-18)8-14(7-12)11-18;1-3-20(7-5-4-6-8-20)28-17(24)13-11-9-10-12(13)16(23)26-14(10)15(11)27-18(25)19(2,21)22/h2*5-18H,4H2,1-3H3;12-13,31H,3-11H2,1-2H3;12-14H,3-11H2,1-2H3;10-15H,3-9H2,1-2H3/q2*+1;;;. The fourth-order valence-corrected chi connectivity index (χ4v) is 26.6. The van der Waals surface area contributed by atoms with Gasteiger partial charge in [0.2, 0.25) is 0 Å². The normalized spacial score (nSPS) is 25.7. The largest absolute Gasteiger partial charge is 0.468 e. The number of halogens is 16. The van der Waals surface area contributed by atoms with Crippen LogP contribution >= 0.6 is 0 Å². The smallest absolute Gasteiger partial charge is 0.461 e. The summed E-state index contributed by atoms with van der Waals surface area (Å²) in [6.45, 7) is 11.7. The number of ether oxygens (including phenoxy) is 11. The lowest BCUT2D eigenvalue weighted by atomic mass is 9.48. The summed E-state index contributed by atoms with van der Waals surface area (Å²) in [7, 11) is -0.390. The molecule has 10 bridgehead atoms. The van der Waals surface area contributed by atoms with Gasteiger partial charge in [-0.2, -0.15) is 52.7 Å². The van der Waals surface area contributed by atoms with E-state index >= 15 is 0 Å². The van der Waals surface area contributed by atoms with Crippen molar-refractivity contribution in [3.05, 3.63) is 170 Å². The van der Waals surface area contributed by atoms with Crippen LogP contribution in [0.4, 0.5) is 70.2 Å². The molecule has 818 valence electrons. The third-order valence-corrected chi connectivity index (χ3v) is 34.9. The summed E-state index contributed by atoms with van der Waals surface area (Å²) in [6.07, 6.45) is -4.68. The summed E-state index contributed by atoms with van der Waals surface area (Å²) in [6, 6.07) is 57.8. The quantitative estimate of drug-likeness (QED) is 0.00966. The number of hydrogen-bond acceptors (Lipinski definition) is 21. The number of carbonyl (C=O) groups is 9. The van der Waals surface area contributed by atoms with Crippen LogP contribution < -0.4 is 9.47 Å². The molecule has 12 fully saturated rings. The molecule has 0 radical (unpaired) electrons. The monoisotopic (exact) mass is 2150 g/mol. The fraction of sp³-hybridized carbons (Fsp3) is 0.591. The van der Waals surface area contributed by atoms with Gasteiger partial charge in [-0.05, 0) is 297 Å². The van der Waals surface area contributed by atoms with Gasteiger partial charge in [0, 0.05) is 45.4 Å². The molecule has 12 aliphatic rings. The summed E-state index contributed by atoms with van der Waals surface area (Å²) in [5.74, 6) is -42.1. The van der Waals surface area contributed by atoms with Gasteiger partial charge < -0.3 is 57.2 Å². The first-order chi connectivity index (χ1) is 69.6. The van der Waals surface area contributed by atoms with Crippen LogP contribution in [0.25, 0.3) is 0 Å². The molecule has 10 atom stereocenters. The highest BCUT2D eigenvalue weighted by atomic mass is 32.2. The first-order valence-electron chi connectivity index (χ1n) is 50.4. The van der Waals surface area contributed by atoms with Crippen LogP contribution in [0.1, 0.15) is 231 Å². The lowest BCUT2D eigenvalue weighted by Crippen LogP contribution is -2.63. The molecule has 0 aromatic heterocycles. The van der Waals surface area contributed by atoms with Crippen molar-refractivity contribution in [1.29, 1.82) is 0 Å². The van der Waals surface area contributed by atoms with Crippen molar-refractivity contribution in [1.82, 2.24) is 0 Å². The molecule has 10 unspecified atom stereocenters. The molecule has 18 rings (SSSR count). The highest BCUT2D eigenvalue weighted by molar-refractivity contribution is 7.97. The van der Waals surface area contributed by atoms with Gasteiger partial charge in [-0.25, -0.2) is 31.9 Å². The summed E-state index contributed by atoms with van der Waals surface area (Å²) >= 11 is 0. The Labute approximate surface area is 861 Å².